The van der Waals surface area contributed by atoms with Crippen LogP contribution in [0.25, 0.3) is 0 Å². The van der Waals surface area contributed by atoms with E-state index in [9.17, 15) is 15.0 Å². The molecule has 0 radical (unpaired) electrons. The van der Waals surface area contributed by atoms with Gasteiger partial charge in [0.05, 0.1) is 23.7 Å². The van der Waals surface area contributed by atoms with E-state index in [0.29, 0.717) is 12.8 Å². The first-order valence-corrected chi connectivity index (χ1v) is 6.95. The van der Waals surface area contributed by atoms with Crippen LogP contribution in [-0.2, 0) is 14.3 Å². The van der Waals surface area contributed by atoms with E-state index in [-0.39, 0.29) is 11.7 Å². The molecule has 0 aromatic rings. The van der Waals surface area contributed by atoms with E-state index in [0.717, 1.165) is 12.0 Å². The third-order valence-electron chi connectivity index (χ3n) is 4.87. The van der Waals surface area contributed by atoms with E-state index >= 15 is 0 Å². The lowest BCUT2D eigenvalue weighted by molar-refractivity contribution is -0.147. The Kier molecular flexibility index (Phi) is 3.04. The largest absolute Gasteiger partial charge is 0.458 e. The second-order valence-electron chi connectivity index (χ2n) is 6.25. The molecule has 0 saturated carbocycles. The van der Waals surface area contributed by atoms with Gasteiger partial charge < -0.3 is 19.7 Å². The molecule has 3 aliphatic heterocycles. The minimum atomic E-state index is -1.13. The van der Waals surface area contributed by atoms with Crippen LogP contribution >= 0.6 is 0 Å². The van der Waals surface area contributed by atoms with Crippen LogP contribution in [-0.4, -0.2) is 46.2 Å². The zero-order valence-corrected chi connectivity index (χ0v) is 11.5. The van der Waals surface area contributed by atoms with E-state index < -0.39 is 35.8 Å². The molecule has 3 heterocycles. The highest BCUT2D eigenvalue weighted by Gasteiger charge is 2.54. The number of aliphatic hydroxyl groups excluding tert-OH is 2. The zero-order chi connectivity index (χ0) is 14.7. The Morgan fingerprint density at radius 3 is 2.75 bits per heavy atom. The topological polar surface area (TPSA) is 76.0 Å². The van der Waals surface area contributed by atoms with Gasteiger partial charge in [0.1, 0.15) is 12.2 Å². The second-order valence-corrected chi connectivity index (χ2v) is 6.25. The first kappa shape index (κ1) is 13.8. The third-order valence-corrected chi connectivity index (χ3v) is 4.87. The SMILES string of the molecule is C=C1CC2OC(=O)C(=C)C2C(O)C(O)C2(C)CCC1O2. The molecule has 0 aliphatic carbocycles. The summed E-state index contributed by atoms with van der Waals surface area (Å²) in [5.41, 5.74) is 0.233. The van der Waals surface area contributed by atoms with E-state index in [2.05, 4.69) is 13.2 Å². The molecule has 5 heteroatoms. The maximum Gasteiger partial charge on any atom is 0.334 e. The van der Waals surface area contributed by atoms with Crippen molar-refractivity contribution in [3.05, 3.63) is 24.3 Å². The Balaban J connectivity index is 2.00. The predicted octanol–water partition coefficient (Wildman–Crippen LogP) is 0.704. The summed E-state index contributed by atoms with van der Waals surface area (Å²) in [6.45, 7) is 9.51. The lowest BCUT2D eigenvalue weighted by Gasteiger charge is -2.35. The molecule has 2 N–H and O–H groups in total. The number of hydrogen-bond acceptors (Lipinski definition) is 5. The number of carbonyl (C=O) groups is 1. The maximum absolute atomic E-state index is 11.7. The van der Waals surface area contributed by atoms with Crippen LogP contribution < -0.4 is 0 Å². The minimum absolute atomic E-state index is 0.159. The normalized spacial score (nSPS) is 48.4. The quantitative estimate of drug-likeness (QED) is 0.388. The molecule has 5 nitrogen and oxygen atoms in total. The van der Waals surface area contributed by atoms with Crippen LogP contribution in [0.5, 0.6) is 0 Å². The first-order chi connectivity index (χ1) is 9.33. The Bertz CT molecular complexity index is 485. The number of rotatable bonds is 0. The molecule has 110 valence electrons. The van der Waals surface area contributed by atoms with Crippen LogP contribution in [0, 0.1) is 5.92 Å². The summed E-state index contributed by atoms with van der Waals surface area (Å²) in [7, 11) is 0. The molecular formula is C15H20O5. The van der Waals surface area contributed by atoms with Gasteiger partial charge in [0, 0.05) is 12.0 Å². The Morgan fingerprint density at radius 2 is 2.05 bits per heavy atom. The Labute approximate surface area is 117 Å². The van der Waals surface area contributed by atoms with Gasteiger partial charge in [-0.25, -0.2) is 4.79 Å². The van der Waals surface area contributed by atoms with E-state index in [1.165, 1.54) is 0 Å². The average molecular weight is 280 g/mol. The van der Waals surface area contributed by atoms with Crippen molar-refractivity contribution in [1.29, 1.82) is 0 Å². The number of ether oxygens (including phenoxy) is 2. The zero-order valence-electron chi connectivity index (χ0n) is 11.5. The van der Waals surface area contributed by atoms with Gasteiger partial charge in [-0.05, 0) is 25.3 Å². The Hall–Kier alpha value is -1.17. The van der Waals surface area contributed by atoms with Gasteiger partial charge in [-0.3, -0.25) is 0 Å². The van der Waals surface area contributed by atoms with Gasteiger partial charge in [-0.2, -0.15) is 0 Å². The van der Waals surface area contributed by atoms with Crippen molar-refractivity contribution in [2.75, 3.05) is 0 Å². The van der Waals surface area contributed by atoms with E-state index in [1.54, 1.807) is 6.92 Å². The lowest BCUT2D eigenvalue weighted by atomic mass is 9.79. The van der Waals surface area contributed by atoms with Crippen molar-refractivity contribution in [1.82, 2.24) is 0 Å². The monoisotopic (exact) mass is 280 g/mol. The standard InChI is InChI=1S/C15H20O5/c1-7-6-10-11(8(2)14(18)19-10)12(16)13(17)15(3)5-4-9(7)20-15/h9-13,16-17H,1-2,4-6H2,3H3. The minimum Gasteiger partial charge on any atom is -0.458 e. The summed E-state index contributed by atoms with van der Waals surface area (Å²) in [6.07, 6.45) is -1.06. The highest BCUT2D eigenvalue weighted by molar-refractivity contribution is 5.91. The van der Waals surface area contributed by atoms with Gasteiger partial charge in [0.15, 0.2) is 0 Å². The summed E-state index contributed by atoms with van der Waals surface area (Å²) < 4.78 is 11.2. The number of hydrogen-bond donors (Lipinski definition) is 2. The van der Waals surface area contributed by atoms with Crippen molar-refractivity contribution >= 4 is 5.97 Å². The fourth-order valence-corrected chi connectivity index (χ4v) is 3.55. The van der Waals surface area contributed by atoms with Gasteiger partial charge in [-0.15, -0.1) is 0 Å². The molecule has 3 aliphatic rings. The number of esters is 1. The summed E-state index contributed by atoms with van der Waals surface area (Å²) >= 11 is 0. The molecule has 3 fully saturated rings. The van der Waals surface area contributed by atoms with Crippen LogP contribution in [0.2, 0.25) is 0 Å². The fraction of sp³-hybridized carbons (Fsp3) is 0.667. The molecule has 6 unspecified atom stereocenters. The van der Waals surface area contributed by atoms with Gasteiger partial charge in [0.2, 0.25) is 0 Å². The molecule has 3 saturated heterocycles. The first-order valence-electron chi connectivity index (χ1n) is 6.95. The number of fused-ring (bicyclic) bond motifs is 3. The van der Waals surface area contributed by atoms with E-state index in [1.807, 2.05) is 0 Å². The molecule has 0 aromatic heterocycles. The molecule has 2 bridgehead atoms. The second kappa shape index (κ2) is 4.41. The van der Waals surface area contributed by atoms with Crippen molar-refractivity contribution in [3.8, 4) is 0 Å². The van der Waals surface area contributed by atoms with Crippen molar-refractivity contribution in [3.63, 3.8) is 0 Å². The van der Waals surface area contributed by atoms with Gasteiger partial charge >= 0.3 is 5.97 Å². The van der Waals surface area contributed by atoms with E-state index in [4.69, 9.17) is 9.47 Å². The third kappa shape index (κ3) is 1.84. The van der Waals surface area contributed by atoms with Crippen molar-refractivity contribution in [2.45, 2.75) is 56.2 Å². The van der Waals surface area contributed by atoms with Crippen LogP contribution in [0.3, 0.4) is 0 Å². The van der Waals surface area contributed by atoms with Gasteiger partial charge in [0.25, 0.3) is 0 Å². The Morgan fingerprint density at radius 1 is 1.35 bits per heavy atom. The van der Waals surface area contributed by atoms with Crippen LogP contribution in [0.15, 0.2) is 24.3 Å². The van der Waals surface area contributed by atoms with Gasteiger partial charge in [-0.1, -0.05) is 13.2 Å². The number of aliphatic hydroxyl groups is 2. The predicted molar refractivity (Wildman–Crippen MR) is 70.8 cm³/mol. The van der Waals surface area contributed by atoms with Crippen molar-refractivity contribution in [2.24, 2.45) is 5.92 Å². The highest BCUT2D eigenvalue weighted by Crippen LogP contribution is 2.44. The average Bonchev–Trinajstić information content (AvgIpc) is 2.91. The summed E-state index contributed by atoms with van der Waals surface area (Å²) in [4.78, 5) is 11.7. The molecule has 6 atom stereocenters. The molecule has 20 heavy (non-hydrogen) atoms. The summed E-state index contributed by atoms with van der Waals surface area (Å²) in [6, 6.07) is 0. The van der Waals surface area contributed by atoms with Crippen LogP contribution in [0.4, 0.5) is 0 Å². The number of carbonyl (C=O) groups excluding carboxylic acids is 1. The molecule has 3 rings (SSSR count). The highest BCUT2D eigenvalue weighted by atomic mass is 16.6. The lowest BCUT2D eigenvalue weighted by Crippen LogP contribution is -2.50. The van der Waals surface area contributed by atoms with Crippen LogP contribution in [0.1, 0.15) is 26.2 Å². The smallest absolute Gasteiger partial charge is 0.334 e. The molecule has 0 aromatic carbocycles. The van der Waals surface area contributed by atoms with Crippen molar-refractivity contribution < 1.29 is 24.5 Å². The maximum atomic E-state index is 11.7. The molecule has 0 amide bonds. The summed E-state index contributed by atoms with van der Waals surface area (Å²) in [5, 5.41) is 21.0. The summed E-state index contributed by atoms with van der Waals surface area (Å²) in [5.74, 6) is -1.10. The fourth-order valence-electron chi connectivity index (χ4n) is 3.55. The molecule has 0 spiro atoms. The molecular weight excluding hydrogens is 260 g/mol.